The van der Waals surface area contributed by atoms with Gasteiger partial charge in [0.05, 0.1) is 21.9 Å². The maximum Gasteiger partial charge on any atom is 0.490 e. The number of likely N-dealkylation sites (tertiary alicyclic amines) is 1. The number of carboxylic acids is 2. The van der Waals surface area contributed by atoms with Gasteiger partial charge in [-0.05, 0) is 87.5 Å². The smallest absolute Gasteiger partial charge is 0.489 e. The fourth-order valence-electron chi connectivity index (χ4n) is 4.71. The molecule has 7 nitrogen and oxygen atoms in total. The number of aliphatic carboxylic acids is 2. The number of alkyl halides is 3. The molecule has 12 heteroatoms. The second-order valence-electron chi connectivity index (χ2n) is 10.1. The molecule has 0 aliphatic carbocycles. The van der Waals surface area contributed by atoms with Crippen molar-refractivity contribution in [2.75, 3.05) is 19.6 Å². The Morgan fingerprint density at radius 2 is 1.83 bits per heavy atom. The van der Waals surface area contributed by atoms with Crippen molar-refractivity contribution in [3.05, 3.63) is 58.7 Å². The van der Waals surface area contributed by atoms with Crippen LogP contribution in [0.4, 0.5) is 13.2 Å². The van der Waals surface area contributed by atoms with Crippen LogP contribution in [0.3, 0.4) is 0 Å². The van der Waals surface area contributed by atoms with Gasteiger partial charge >= 0.3 is 18.1 Å². The number of rotatable bonds is 9. The van der Waals surface area contributed by atoms with Gasteiger partial charge in [-0.15, -0.1) is 11.3 Å². The lowest BCUT2D eigenvalue weighted by Gasteiger charge is -2.30. The van der Waals surface area contributed by atoms with Crippen LogP contribution in [-0.4, -0.2) is 64.0 Å². The topological polar surface area (TPSA) is 100.0 Å². The van der Waals surface area contributed by atoms with E-state index < -0.39 is 18.1 Å². The number of carbonyl (C=O) groups is 2. The largest absolute Gasteiger partial charge is 0.490 e. The highest BCUT2D eigenvalue weighted by atomic mass is 35.5. The van der Waals surface area contributed by atoms with E-state index >= 15 is 0 Å². The molecule has 0 atom stereocenters. The molecule has 2 aromatic carbocycles. The number of aromatic nitrogens is 1. The van der Waals surface area contributed by atoms with Crippen molar-refractivity contribution in [1.29, 1.82) is 0 Å². The Morgan fingerprint density at radius 1 is 1.17 bits per heavy atom. The standard InChI is InChI=1S/C28H33ClN2O3S.C2HF3O2/c1-4-22-19(10-13-31-14-11-20(12-15-31)28(32)33)6-5-7-23(22)26-17-30-27(35-26)21-8-9-25(24(29)16-21)34-18(2)3;3-2(4,5)1(6)7/h5-9,16-18,20H,4,10-15H2,1-3H3,(H,32,33);(H,6,7). The zero-order valence-corrected chi connectivity index (χ0v) is 25.2. The average Bonchev–Trinajstić information content (AvgIpc) is 3.43. The molecular weight excluding hydrogens is 593 g/mol. The van der Waals surface area contributed by atoms with Gasteiger partial charge in [0, 0.05) is 18.3 Å². The van der Waals surface area contributed by atoms with Gasteiger partial charge in [0.1, 0.15) is 10.8 Å². The molecule has 0 amide bonds. The minimum atomic E-state index is -5.08. The fraction of sp³-hybridized carbons (Fsp3) is 0.433. The molecule has 0 spiro atoms. The zero-order chi connectivity index (χ0) is 31.0. The fourth-order valence-corrected chi connectivity index (χ4v) is 5.91. The van der Waals surface area contributed by atoms with Crippen LogP contribution in [0.25, 0.3) is 21.0 Å². The molecule has 3 aromatic rings. The summed E-state index contributed by atoms with van der Waals surface area (Å²) in [6.07, 6.45) is 0.352. The van der Waals surface area contributed by atoms with Crippen LogP contribution in [0, 0.1) is 5.92 Å². The van der Waals surface area contributed by atoms with Gasteiger partial charge in [-0.2, -0.15) is 13.2 Å². The van der Waals surface area contributed by atoms with E-state index in [0.29, 0.717) is 10.8 Å². The summed E-state index contributed by atoms with van der Waals surface area (Å²) in [4.78, 5) is 28.4. The third kappa shape index (κ3) is 9.17. The number of nitrogens with zero attached hydrogens (tertiary/aromatic N) is 2. The minimum absolute atomic E-state index is 0.0705. The van der Waals surface area contributed by atoms with Crippen molar-refractivity contribution < 1.29 is 37.7 Å². The first-order chi connectivity index (χ1) is 19.8. The summed E-state index contributed by atoms with van der Waals surface area (Å²) in [5.74, 6) is -2.91. The highest BCUT2D eigenvalue weighted by molar-refractivity contribution is 7.18. The van der Waals surface area contributed by atoms with E-state index in [1.165, 1.54) is 16.7 Å². The third-order valence-corrected chi connectivity index (χ3v) is 8.19. The summed E-state index contributed by atoms with van der Waals surface area (Å²) >= 11 is 8.13. The molecule has 2 heterocycles. The molecule has 1 saturated heterocycles. The number of hydrogen-bond donors (Lipinski definition) is 2. The molecule has 0 saturated carbocycles. The second-order valence-corrected chi connectivity index (χ2v) is 11.6. The van der Waals surface area contributed by atoms with Gasteiger partial charge in [-0.1, -0.05) is 36.7 Å². The maximum atomic E-state index is 11.2. The van der Waals surface area contributed by atoms with E-state index in [0.717, 1.165) is 60.8 Å². The zero-order valence-electron chi connectivity index (χ0n) is 23.6. The monoisotopic (exact) mass is 626 g/mol. The summed E-state index contributed by atoms with van der Waals surface area (Å²) < 4.78 is 37.5. The van der Waals surface area contributed by atoms with Crippen LogP contribution in [-0.2, 0) is 22.4 Å². The predicted molar refractivity (Wildman–Crippen MR) is 157 cm³/mol. The van der Waals surface area contributed by atoms with Gasteiger partial charge in [0.15, 0.2) is 0 Å². The molecule has 42 heavy (non-hydrogen) atoms. The predicted octanol–water partition coefficient (Wildman–Crippen LogP) is 7.45. The Bertz CT molecular complexity index is 1370. The van der Waals surface area contributed by atoms with Crippen molar-refractivity contribution in [2.24, 2.45) is 5.92 Å². The molecule has 1 aliphatic heterocycles. The molecule has 0 bridgehead atoms. The summed E-state index contributed by atoms with van der Waals surface area (Å²) in [5, 5.41) is 17.9. The Balaban J connectivity index is 0.000000616. The SMILES string of the molecule is CCc1c(CCN2CCC(C(=O)O)CC2)cccc1-c1cnc(-c2ccc(OC(C)C)c(Cl)c2)s1.O=C(O)C(F)(F)F. The van der Waals surface area contributed by atoms with Crippen LogP contribution >= 0.6 is 22.9 Å². The van der Waals surface area contributed by atoms with Crippen molar-refractivity contribution >= 4 is 34.9 Å². The first-order valence-electron chi connectivity index (χ1n) is 13.6. The van der Waals surface area contributed by atoms with Crippen LogP contribution in [0.1, 0.15) is 44.7 Å². The Hall–Kier alpha value is -3.15. The number of piperidine rings is 1. The van der Waals surface area contributed by atoms with Crippen molar-refractivity contribution in [3.63, 3.8) is 0 Å². The maximum absolute atomic E-state index is 11.2. The molecule has 1 aliphatic rings. The molecule has 4 rings (SSSR count). The number of carboxylic acid groups (broad SMARTS) is 2. The van der Waals surface area contributed by atoms with Crippen LogP contribution in [0.2, 0.25) is 5.02 Å². The van der Waals surface area contributed by atoms with E-state index in [2.05, 4.69) is 30.0 Å². The molecule has 2 N–H and O–H groups in total. The highest BCUT2D eigenvalue weighted by Gasteiger charge is 2.38. The first-order valence-corrected chi connectivity index (χ1v) is 14.8. The lowest BCUT2D eigenvalue weighted by Crippen LogP contribution is -2.37. The second kappa shape index (κ2) is 14.8. The van der Waals surface area contributed by atoms with Crippen LogP contribution < -0.4 is 4.74 Å². The van der Waals surface area contributed by atoms with Crippen molar-refractivity contribution in [3.8, 4) is 26.8 Å². The molecule has 228 valence electrons. The number of ether oxygens (including phenoxy) is 1. The molecule has 0 unspecified atom stereocenters. The Kier molecular flexibility index (Phi) is 11.8. The van der Waals surface area contributed by atoms with E-state index in [9.17, 15) is 23.1 Å². The van der Waals surface area contributed by atoms with Gasteiger partial charge in [0.2, 0.25) is 0 Å². The van der Waals surface area contributed by atoms with Crippen LogP contribution in [0.5, 0.6) is 5.75 Å². The normalized spacial score (nSPS) is 14.4. The van der Waals surface area contributed by atoms with Crippen LogP contribution in [0.15, 0.2) is 42.6 Å². The number of benzene rings is 2. The summed E-state index contributed by atoms with van der Waals surface area (Å²) in [6, 6.07) is 12.4. The molecule has 0 radical (unpaired) electrons. The van der Waals surface area contributed by atoms with E-state index in [-0.39, 0.29) is 12.0 Å². The van der Waals surface area contributed by atoms with E-state index in [1.807, 2.05) is 38.2 Å². The Labute approximate surface area is 251 Å². The minimum Gasteiger partial charge on any atom is -0.489 e. The molecular formula is C30H34ClF3N2O5S. The van der Waals surface area contributed by atoms with Crippen molar-refractivity contribution in [1.82, 2.24) is 9.88 Å². The summed E-state index contributed by atoms with van der Waals surface area (Å²) in [5.41, 5.74) is 4.95. The molecule has 1 fully saturated rings. The summed E-state index contributed by atoms with van der Waals surface area (Å²) in [6.45, 7) is 8.85. The van der Waals surface area contributed by atoms with Gasteiger partial charge in [-0.3, -0.25) is 4.79 Å². The quantitative estimate of drug-likeness (QED) is 0.254. The lowest BCUT2D eigenvalue weighted by atomic mass is 9.94. The molecule has 1 aromatic heterocycles. The van der Waals surface area contributed by atoms with Gasteiger partial charge in [0.25, 0.3) is 0 Å². The van der Waals surface area contributed by atoms with E-state index in [1.54, 1.807) is 11.3 Å². The Morgan fingerprint density at radius 3 is 2.38 bits per heavy atom. The van der Waals surface area contributed by atoms with Gasteiger partial charge in [-0.25, -0.2) is 9.78 Å². The number of thiazole rings is 1. The lowest BCUT2D eigenvalue weighted by molar-refractivity contribution is -0.192. The number of halogens is 4. The van der Waals surface area contributed by atoms with Gasteiger partial charge < -0.3 is 19.8 Å². The van der Waals surface area contributed by atoms with Crippen molar-refractivity contribution in [2.45, 2.75) is 58.7 Å². The number of hydrogen-bond acceptors (Lipinski definition) is 6. The first kappa shape index (κ1) is 33.4. The summed E-state index contributed by atoms with van der Waals surface area (Å²) in [7, 11) is 0. The average molecular weight is 627 g/mol. The van der Waals surface area contributed by atoms with E-state index in [4.69, 9.17) is 31.2 Å². The third-order valence-electron chi connectivity index (χ3n) is 6.82. The highest BCUT2D eigenvalue weighted by Crippen LogP contribution is 2.37.